The number of primary amides is 1. The number of benzene rings is 1. The van der Waals surface area contributed by atoms with Gasteiger partial charge in [-0.1, -0.05) is 88.6 Å². The van der Waals surface area contributed by atoms with E-state index in [4.69, 9.17) is 5.73 Å². The largest absolute Gasteiger partial charge is 0.368 e. The minimum atomic E-state index is -0.778. The van der Waals surface area contributed by atoms with E-state index in [-0.39, 0.29) is 5.91 Å². The summed E-state index contributed by atoms with van der Waals surface area (Å²) in [4.78, 5) is 24.9. The van der Waals surface area contributed by atoms with Crippen molar-refractivity contribution < 1.29 is 9.59 Å². The van der Waals surface area contributed by atoms with Gasteiger partial charge in [0.05, 0.1) is 5.52 Å². The average molecular weight is 493 g/mol. The number of halogens is 1. The number of hydrogen-bond acceptors (Lipinski definition) is 3. The van der Waals surface area contributed by atoms with Crippen molar-refractivity contribution in [3.05, 3.63) is 28.4 Å². The molecule has 2 rings (SSSR count). The molecular formula is C24H37BrN4O2. The first-order valence-corrected chi connectivity index (χ1v) is 12.2. The summed E-state index contributed by atoms with van der Waals surface area (Å²) in [7, 11) is 0. The summed E-state index contributed by atoms with van der Waals surface area (Å²) in [6.07, 6.45) is 9.92. The van der Waals surface area contributed by atoms with Crippen LogP contribution in [0.5, 0.6) is 0 Å². The molecule has 172 valence electrons. The molecule has 2 amide bonds. The number of nitrogens with zero attached hydrogens (tertiary/aromatic N) is 2. The zero-order valence-electron chi connectivity index (χ0n) is 19.3. The molecule has 6 nitrogen and oxygen atoms in total. The van der Waals surface area contributed by atoms with Crippen molar-refractivity contribution >= 4 is 38.6 Å². The van der Waals surface area contributed by atoms with Crippen LogP contribution in [0.2, 0.25) is 0 Å². The number of fused-ring (bicyclic) bond motifs is 1. The molecule has 0 bridgehead atoms. The molecule has 0 radical (unpaired) electrons. The van der Waals surface area contributed by atoms with Gasteiger partial charge in [-0.15, -0.1) is 0 Å². The summed E-state index contributed by atoms with van der Waals surface area (Å²) in [5, 5.41) is 8.18. The first kappa shape index (κ1) is 25.4. The van der Waals surface area contributed by atoms with E-state index in [1.54, 1.807) is 0 Å². The zero-order chi connectivity index (χ0) is 23.0. The number of rotatable bonds is 12. The minimum absolute atomic E-state index is 0.325. The lowest BCUT2D eigenvalue weighted by Gasteiger charge is -2.28. The van der Waals surface area contributed by atoms with E-state index in [9.17, 15) is 9.59 Å². The number of carbonyl (C=O) groups is 2. The van der Waals surface area contributed by atoms with Gasteiger partial charge in [-0.25, -0.2) is 0 Å². The molecule has 0 fully saturated rings. The fourth-order valence-corrected chi connectivity index (χ4v) is 4.16. The maximum Gasteiger partial charge on any atom is 0.273 e. The number of unbranched alkanes of at least 4 members (excludes halogenated alkanes) is 7. The minimum Gasteiger partial charge on any atom is -0.368 e. The molecule has 3 N–H and O–H groups in total. The van der Waals surface area contributed by atoms with Crippen LogP contribution in [0.1, 0.15) is 89.5 Å². The van der Waals surface area contributed by atoms with Crippen LogP contribution in [-0.2, 0) is 11.3 Å². The molecule has 7 heteroatoms. The molecule has 1 heterocycles. The van der Waals surface area contributed by atoms with Gasteiger partial charge in [-0.3, -0.25) is 14.3 Å². The van der Waals surface area contributed by atoms with Crippen LogP contribution in [-0.4, -0.2) is 27.6 Å². The van der Waals surface area contributed by atoms with E-state index < -0.39 is 17.4 Å². The molecule has 1 aromatic heterocycles. The van der Waals surface area contributed by atoms with Gasteiger partial charge < -0.3 is 11.1 Å². The van der Waals surface area contributed by atoms with Gasteiger partial charge >= 0.3 is 0 Å². The fraction of sp³-hybridized carbons (Fsp3) is 0.625. The SMILES string of the molecule is CCCCCCCCCCn1nc(C(=O)N[C@@H](C(N)=O)C(C)(C)C)c2cc(Br)ccc21. The van der Waals surface area contributed by atoms with Gasteiger partial charge in [-0.2, -0.15) is 5.10 Å². The smallest absolute Gasteiger partial charge is 0.273 e. The molecule has 0 aliphatic rings. The van der Waals surface area contributed by atoms with Gasteiger partial charge in [0.15, 0.2) is 5.69 Å². The zero-order valence-corrected chi connectivity index (χ0v) is 20.9. The number of nitrogens with one attached hydrogen (secondary N) is 1. The topological polar surface area (TPSA) is 90.0 Å². The molecular weight excluding hydrogens is 456 g/mol. The predicted octanol–water partition coefficient (Wildman–Crippen LogP) is 5.57. The quantitative estimate of drug-likeness (QED) is 0.379. The van der Waals surface area contributed by atoms with E-state index in [2.05, 4.69) is 33.3 Å². The van der Waals surface area contributed by atoms with Crippen LogP contribution in [0.25, 0.3) is 10.9 Å². The first-order chi connectivity index (χ1) is 14.6. The highest BCUT2D eigenvalue weighted by atomic mass is 79.9. The molecule has 0 unspecified atom stereocenters. The second kappa shape index (κ2) is 11.7. The Labute approximate surface area is 194 Å². The van der Waals surface area contributed by atoms with E-state index in [0.29, 0.717) is 5.69 Å². The third-order valence-electron chi connectivity index (χ3n) is 5.58. The summed E-state index contributed by atoms with van der Waals surface area (Å²) in [5.74, 6) is -0.929. The summed E-state index contributed by atoms with van der Waals surface area (Å²) in [6, 6.07) is 5.05. The number of aromatic nitrogens is 2. The Morgan fingerprint density at radius 1 is 1.10 bits per heavy atom. The molecule has 1 atom stereocenters. The number of carbonyl (C=O) groups excluding carboxylic acids is 2. The molecule has 2 aromatic rings. The Morgan fingerprint density at radius 2 is 1.71 bits per heavy atom. The lowest BCUT2D eigenvalue weighted by molar-refractivity contribution is -0.122. The molecule has 0 spiro atoms. The number of aryl methyl sites for hydroxylation is 1. The Hall–Kier alpha value is -1.89. The van der Waals surface area contributed by atoms with Crippen molar-refractivity contribution in [1.29, 1.82) is 0 Å². The Balaban J connectivity index is 2.11. The van der Waals surface area contributed by atoms with Crippen molar-refractivity contribution in [2.45, 2.75) is 91.6 Å². The van der Waals surface area contributed by atoms with Gasteiger partial charge in [0.25, 0.3) is 5.91 Å². The number of amides is 2. The summed E-state index contributed by atoms with van der Waals surface area (Å²) in [6.45, 7) is 8.62. The molecule has 1 aromatic carbocycles. The lowest BCUT2D eigenvalue weighted by atomic mass is 9.86. The lowest BCUT2D eigenvalue weighted by Crippen LogP contribution is -2.52. The standard InChI is InChI=1S/C24H37BrN4O2/c1-5-6-7-8-9-10-11-12-15-29-19-14-13-17(25)16-18(19)20(28-29)23(31)27-21(22(26)30)24(2,3)4/h13-14,16,21H,5-12,15H2,1-4H3,(H2,26,30)(H,27,31)/t21-/m0/s1. The molecule has 31 heavy (non-hydrogen) atoms. The number of nitrogens with two attached hydrogens (primary N) is 1. The van der Waals surface area contributed by atoms with Crippen molar-refractivity contribution in [3.63, 3.8) is 0 Å². The monoisotopic (exact) mass is 492 g/mol. The number of hydrogen-bond donors (Lipinski definition) is 2. The van der Waals surface area contributed by atoms with Gasteiger partial charge in [0.2, 0.25) is 5.91 Å². The third-order valence-corrected chi connectivity index (χ3v) is 6.07. The van der Waals surface area contributed by atoms with Gasteiger partial charge in [0, 0.05) is 16.4 Å². The van der Waals surface area contributed by atoms with Crippen molar-refractivity contribution in [3.8, 4) is 0 Å². The first-order valence-electron chi connectivity index (χ1n) is 11.4. The van der Waals surface area contributed by atoms with E-state index in [1.807, 2.05) is 43.7 Å². The van der Waals surface area contributed by atoms with E-state index in [0.717, 1.165) is 34.8 Å². The van der Waals surface area contributed by atoms with Crippen LogP contribution in [0.3, 0.4) is 0 Å². The second-order valence-electron chi connectivity index (χ2n) is 9.38. The Kier molecular flexibility index (Phi) is 9.54. The Morgan fingerprint density at radius 3 is 2.29 bits per heavy atom. The Bertz CT molecular complexity index is 886. The van der Waals surface area contributed by atoms with E-state index in [1.165, 1.54) is 38.5 Å². The summed E-state index contributed by atoms with van der Waals surface area (Å²) >= 11 is 3.49. The van der Waals surface area contributed by atoms with Crippen LogP contribution in [0, 0.1) is 5.41 Å². The summed E-state index contributed by atoms with van der Waals surface area (Å²) in [5.41, 5.74) is 6.29. The maximum absolute atomic E-state index is 13.0. The van der Waals surface area contributed by atoms with Crippen molar-refractivity contribution in [2.75, 3.05) is 0 Å². The molecule has 0 saturated carbocycles. The molecule has 0 saturated heterocycles. The highest BCUT2D eigenvalue weighted by molar-refractivity contribution is 9.10. The van der Waals surface area contributed by atoms with Crippen LogP contribution in [0.15, 0.2) is 22.7 Å². The van der Waals surface area contributed by atoms with Crippen molar-refractivity contribution in [2.24, 2.45) is 11.1 Å². The van der Waals surface area contributed by atoms with Crippen molar-refractivity contribution in [1.82, 2.24) is 15.1 Å². The second-order valence-corrected chi connectivity index (χ2v) is 10.3. The van der Waals surface area contributed by atoms with Crippen LogP contribution >= 0.6 is 15.9 Å². The summed E-state index contributed by atoms with van der Waals surface area (Å²) < 4.78 is 2.78. The van der Waals surface area contributed by atoms with Gasteiger partial charge in [-0.05, 0) is 30.0 Å². The normalized spacial score (nSPS) is 12.8. The van der Waals surface area contributed by atoms with Crippen LogP contribution in [0.4, 0.5) is 0 Å². The highest BCUT2D eigenvalue weighted by Crippen LogP contribution is 2.25. The van der Waals surface area contributed by atoms with Crippen LogP contribution < -0.4 is 11.1 Å². The fourth-order valence-electron chi connectivity index (χ4n) is 3.80. The molecule has 0 aliphatic heterocycles. The third kappa shape index (κ3) is 7.34. The van der Waals surface area contributed by atoms with E-state index >= 15 is 0 Å². The van der Waals surface area contributed by atoms with Gasteiger partial charge in [0.1, 0.15) is 6.04 Å². The maximum atomic E-state index is 13.0. The highest BCUT2D eigenvalue weighted by Gasteiger charge is 2.32. The predicted molar refractivity (Wildman–Crippen MR) is 130 cm³/mol. The molecule has 0 aliphatic carbocycles. The average Bonchev–Trinajstić information content (AvgIpc) is 3.04.